The van der Waals surface area contributed by atoms with Crippen molar-refractivity contribution in [3.63, 3.8) is 0 Å². The third kappa shape index (κ3) is 3.75. The second kappa shape index (κ2) is 7.98. The second-order valence-corrected chi connectivity index (χ2v) is 9.23. The molecule has 0 aliphatic carbocycles. The minimum Gasteiger partial charge on any atom is -0.367 e. The number of thiophene rings is 1. The van der Waals surface area contributed by atoms with Crippen molar-refractivity contribution < 1.29 is 4.79 Å². The van der Waals surface area contributed by atoms with Crippen molar-refractivity contribution in [1.29, 1.82) is 0 Å². The summed E-state index contributed by atoms with van der Waals surface area (Å²) in [7, 11) is 0. The zero-order valence-electron chi connectivity index (χ0n) is 16.2. The van der Waals surface area contributed by atoms with E-state index in [1.54, 1.807) is 11.3 Å². The van der Waals surface area contributed by atoms with Crippen LogP contribution in [0.25, 0.3) is 10.1 Å². The molecular formula is C23H24ClN3OS. The minimum absolute atomic E-state index is 0.0914. The molecule has 2 fully saturated rings. The van der Waals surface area contributed by atoms with Gasteiger partial charge in [0.2, 0.25) is 5.91 Å². The van der Waals surface area contributed by atoms with E-state index in [1.165, 1.54) is 21.3 Å². The fourth-order valence-corrected chi connectivity index (χ4v) is 5.69. The quantitative estimate of drug-likeness (QED) is 0.677. The molecule has 0 radical (unpaired) electrons. The maximum atomic E-state index is 13.1. The van der Waals surface area contributed by atoms with Gasteiger partial charge in [0.05, 0.1) is 16.4 Å². The maximum absolute atomic E-state index is 13.1. The number of fused-ring (bicyclic) bond motifs is 1. The third-order valence-corrected chi connectivity index (χ3v) is 7.33. The van der Waals surface area contributed by atoms with Gasteiger partial charge >= 0.3 is 0 Å². The molecule has 2 aromatic carbocycles. The average molecular weight is 426 g/mol. The predicted octanol–water partition coefficient (Wildman–Crippen LogP) is 4.35. The van der Waals surface area contributed by atoms with Crippen molar-refractivity contribution in [2.45, 2.75) is 18.4 Å². The Kier molecular flexibility index (Phi) is 5.20. The number of hydrogen-bond acceptors (Lipinski definition) is 4. The molecule has 0 saturated carbocycles. The van der Waals surface area contributed by atoms with Crippen LogP contribution in [0, 0.1) is 0 Å². The van der Waals surface area contributed by atoms with Gasteiger partial charge in [-0.1, -0.05) is 35.9 Å². The largest absolute Gasteiger partial charge is 0.367 e. The van der Waals surface area contributed by atoms with Crippen molar-refractivity contribution in [3.05, 3.63) is 64.5 Å². The highest BCUT2D eigenvalue weighted by atomic mass is 35.5. The van der Waals surface area contributed by atoms with Gasteiger partial charge < -0.3 is 15.1 Å². The van der Waals surface area contributed by atoms with E-state index in [4.69, 9.17) is 11.6 Å². The lowest BCUT2D eigenvalue weighted by molar-refractivity contribution is -0.133. The summed E-state index contributed by atoms with van der Waals surface area (Å²) in [4.78, 5) is 17.5. The Morgan fingerprint density at radius 1 is 1.07 bits per heavy atom. The highest BCUT2D eigenvalue weighted by Gasteiger charge is 2.34. The normalized spacial score (nSPS) is 22.4. The molecule has 0 bridgehead atoms. The van der Waals surface area contributed by atoms with Crippen LogP contribution in [-0.4, -0.2) is 49.6 Å². The molecule has 5 rings (SSSR count). The van der Waals surface area contributed by atoms with Crippen molar-refractivity contribution in [1.82, 2.24) is 10.2 Å². The van der Waals surface area contributed by atoms with Crippen LogP contribution in [0.1, 0.15) is 17.9 Å². The zero-order valence-corrected chi connectivity index (χ0v) is 17.8. The van der Waals surface area contributed by atoms with E-state index in [0.29, 0.717) is 5.92 Å². The van der Waals surface area contributed by atoms with Crippen LogP contribution in [0.5, 0.6) is 0 Å². The SMILES string of the molecule is O=C([C@H]1C[C@@H](c2cccc(Cl)c2)CN1)N1CCN(c2cccc3ccsc23)CC1. The van der Waals surface area contributed by atoms with Crippen molar-refractivity contribution in [2.24, 2.45) is 0 Å². The molecule has 2 saturated heterocycles. The van der Waals surface area contributed by atoms with E-state index in [-0.39, 0.29) is 11.9 Å². The van der Waals surface area contributed by atoms with Crippen LogP contribution in [-0.2, 0) is 4.79 Å². The molecule has 2 atom stereocenters. The molecule has 3 aromatic rings. The minimum atomic E-state index is -0.0914. The number of anilines is 1. The molecule has 4 nitrogen and oxygen atoms in total. The first-order valence-corrected chi connectivity index (χ1v) is 11.4. The van der Waals surface area contributed by atoms with Crippen LogP contribution >= 0.6 is 22.9 Å². The Hall–Kier alpha value is -2.08. The number of halogens is 1. The van der Waals surface area contributed by atoms with Gasteiger partial charge in [-0.05, 0) is 52.9 Å². The molecule has 1 aromatic heterocycles. The van der Waals surface area contributed by atoms with Crippen LogP contribution < -0.4 is 10.2 Å². The number of nitrogens with zero attached hydrogens (tertiary/aromatic N) is 2. The highest BCUT2D eigenvalue weighted by Crippen LogP contribution is 2.32. The summed E-state index contributed by atoms with van der Waals surface area (Å²) in [6, 6.07) is 16.6. The van der Waals surface area contributed by atoms with Crippen LogP contribution in [0.3, 0.4) is 0 Å². The van der Waals surface area contributed by atoms with Gasteiger partial charge in [0, 0.05) is 37.7 Å². The van der Waals surface area contributed by atoms with E-state index >= 15 is 0 Å². The maximum Gasteiger partial charge on any atom is 0.239 e. The Bertz CT molecular complexity index is 1030. The summed E-state index contributed by atoms with van der Waals surface area (Å²) in [5.41, 5.74) is 2.51. The van der Waals surface area contributed by atoms with Gasteiger partial charge in [-0.2, -0.15) is 0 Å². The van der Waals surface area contributed by atoms with E-state index in [2.05, 4.69) is 45.9 Å². The van der Waals surface area contributed by atoms with Gasteiger partial charge in [-0.3, -0.25) is 4.79 Å². The Labute approximate surface area is 180 Å². The first kappa shape index (κ1) is 18.9. The summed E-state index contributed by atoms with van der Waals surface area (Å²) in [6.07, 6.45) is 0.841. The summed E-state index contributed by atoms with van der Waals surface area (Å²) in [6.45, 7) is 4.15. The summed E-state index contributed by atoms with van der Waals surface area (Å²) in [5.74, 6) is 0.587. The van der Waals surface area contributed by atoms with Gasteiger partial charge in [-0.25, -0.2) is 0 Å². The first-order chi connectivity index (χ1) is 14.2. The summed E-state index contributed by atoms with van der Waals surface area (Å²) < 4.78 is 1.34. The van der Waals surface area contributed by atoms with Crippen LogP contribution in [0.15, 0.2) is 53.9 Å². The van der Waals surface area contributed by atoms with Crippen molar-refractivity contribution >= 4 is 44.6 Å². The van der Waals surface area contributed by atoms with Crippen molar-refractivity contribution in [3.8, 4) is 0 Å². The zero-order chi connectivity index (χ0) is 19.8. The molecule has 1 N–H and O–H groups in total. The fourth-order valence-electron chi connectivity index (χ4n) is 4.55. The number of amides is 1. The van der Waals surface area contributed by atoms with Crippen molar-refractivity contribution in [2.75, 3.05) is 37.6 Å². The number of carbonyl (C=O) groups excluding carboxylic acids is 1. The molecule has 6 heteroatoms. The van der Waals surface area contributed by atoms with Crippen LogP contribution in [0.4, 0.5) is 5.69 Å². The van der Waals surface area contributed by atoms with E-state index in [0.717, 1.165) is 44.2 Å². The molecule has 0 unspecified atom stereocenters. The lowest BCUT2D eigenvalue weighted by Crippen LogP contribution is -2.53. The summed E-state index contributed by atoms with van der Waals surface area (Å²) >= 11 is 7.93. The highest BCUT2D eigenvalue weighted by molar-refractivity contribution is 7.17. The Balaban J connectivity index is 1.21. The molecule has 0 spiro atoms. The van der Waals surface area contributed by atoms with Gasteiger partial charge in [-0.15, -0.1) is 11.3 Å². The Morgan fingerprint density at radius 3 is 2.72 bits per heavy atom. The third-order valence-electron chi connectivity index (χ3n) is 6.14. The van der Waals surface area contributed by atoms with E-state index < -0.39 is 0 Å². The predicted molar refractivity (Wildman–Crippen MR) is 121 cm³/mol. The topological polar surface area (TPSA) is 35.6 Å². The molecule has 3 heterocycles. The lowest BCUT2D eigenvalue weighted by Gasteiger charge is -2.37. The number of rotatable bonds is 3. The molecule has 150 valence electrons. The van der Waals surface area contributed by atoms with E-state index in [9.17, 15) is 4.79 Å². The number of piperazine rings is 1. The average Bonchev–Trinajstić information content (AvgIpc) is 3.43. The number of benzene rings is 2. The van der Waals surface area contributed by atoms with Gasteiger partial charge in [0.25, 0.3) is 0 Å². The van der Waals surface area contributed by atoms with Gasteiger partial charge in [0.1, 0.15) is 0 Å². The van der Waals surface area contributed by atoms with E-state index in [1.807, 2.05) is 23.1 Å². The standard InChI is InChI=1S/C23H24ClN3OS/c24-19-5-1-4-17(13-19)18-14-20(25-15-18)23(28)27-10-8-26(9-11-27)21-6-2-3-16-7-12-29-22(16)21/h1-7,12-13,18,20,25H,8-11,14-15H2/t18-,20-/m1/s1. The number of hydrogen-bond donors (Lipinski definition) is 1. The molecule has 2 aliphatic heterocycles. The molecule has 1 amide bonds. The number of nitrogens with one attached hydrogen (secondary N) is 1. The number of carbonyl (C=O) groups is 1. The second-order valence-electron chi connectivity index (χ2n) is 7.88. The first-order valence-electron chi connectivity index (χ1n) is 10.2. The fraction of sp³-hybridized carbons (Fsp3) is 0.348. The van der Waals surface area contributed by atoms with Gasteiger partial charge in [0.15, 0.2) is 0 Å². The lowest BCUT2D eigenvalue weighted by atomic mass is 9.96. The smallest absolute Gasteiger partial charge is 0.239 e. The monoisotopic (exact) mass is 425 g/mol. The molecule has 2 aliphatic rings. The Morgan fingerprint density at radius 2 is 1.90 bits per heavy atom. The molecule has 29 heavy (non-hydrogen) atoms. The summed E-state index contributed by atoms with van der Waals surface area (Å²) in [5, 5.41) is 7.65. The van der Waals surface area contributed by atoms with Crippen LogP contribution in [0.2, 0.25) is 5.02 Å². The molecular weight excluding hydrogens is 402 g/mol.